The fraction of sp³-hybridized carbons (Fsp3) is 0.250. The summed E-state index contributed by atoms with van der Waals surface area (Å²) in [5, 5.41) is 0.554. The Morgan fingerprint density at radius 1 is 1.33 bits per heavy atom. The van der Waals surface area contributed by atoms with E-state index in [2.05, 4.69) is 0 Å². The highest BCUT2D eigenvalue weighted by Crippen LogP contribution is 2.27. The van der Waals surface area contributed by atoms with Crippen LogP contribution in [0.4, 0.5) is 0 Å². The lowest BCUT2D eigenvalue weighted by molar-refractivity contribution is 0.108. The highest BCUT2D eigenvalue weighted by molar-refractivity contribution is 6.68. The second-order valence-electron chi connectivity index (χ2n) is 3.81. The van der Waals surface area contributed by atoms with Crippen LogP contribution in [0.25, 0.3) is 10.9 Å². The molecule has 1 aromatic carbocycles. The van der Waals surface area contributed by atoms with Gasteiger partial charge in [0.15, 0.2) is 0 Å². The summed E-state index contributed by atoms with van der Waals surface area (Å²) in [6.07, 6.45) is 0. The van der Waals surface area contributed by atoms with Crippen LogP contribution in [0.15, 0.2) is 18.2 Å². The second kappa shape index (κ2) is 3.38. The lowest BCUT2D eigenvalue weighted by atomic mass is 10.1. The Morgan fingerprint density at radius 3 is 2.60 bits per heavy atom. The molecule has 15 heavy (non-hydrogen) atoms. The van der Waals surface area contributed by atoms with Gasteiger partial charge in [-0.3, -0.25) is 4.79 Å². The van der Waals surface area contributed by atoms with Crippen molar-refractivity contribution in [1.29, 1.82) is 0 Å². The molecule has 0 atom stereocenters. The smallest absolute Gasteiger partial charge is 0.254 e. The van der Waals surface area contributed by atoms with Gasteiger partial charge < -0.3 is 4.57 Å². The number of hydrogen-bond donors (Lipinski definition) is 0. The Hall–Kier alpha value is -1.28. The van der Waals surface area contributed by atoms with Crippen molar-refractivity contribution < 1.29 is 4.79 Å². The van der Waals surface area contributed by atoms with Gasteiger partial charge in [-0.05, 0) is 37.6 Å². The van der Waals surface area contributed by atoms with Crippen molar-refractivity contribution in [1.82, 2.24) is 4.57 Å². The van der Waals surface area contributed by atoms with Crippen LogP contribution in [0.5, 0.6) is 0 Å². The van der Waals surface area contributed by atoms with Gasteiger partial charge in [-0.25, -0.2) is 0 Å². The first kappa shape index (κ1) is 10.2. The number of benzene rings is 1. The number of carbonyl (C=O) groups is 1. The van der Waals surface area contributed by atoms with Crippen molar-refractivity contribution in [3.63, 3.8) is 0 Å². The Morgan fingerprint density at radius 2 is 2.00 bits per heavy atom. The molecule has 0 aliphatic heterocycles. The molecule has 1 aromatic heterocycles. The summed E-state index contributed by atoms with van der Waals surface area (Å²) in [6, 6.07) is 6.04. The summed E-state index contributed by atoms with van der Waals surface area (Å²) in [6.45, 7) is 3.91. The SMILES string of the molecule is Cc1ccc2c(c1)c(C(=O)Cl)c(C)n2C. The molecule has 0 N–H and O–H groups in total. The number of aryl methyl sites for hydroxylation is 2. The molecule has 2 nitrogen and oxygen atoms in total. The van der Waals surface area contributed by atoms with E-state index in [4.69, 9.17) is 11.6 Å². The van der Waals surface area contributed by atoms with Crippen LogP contribution in [-0.4, -0.2) is 9.81 Å². The number of nitrogens with zero attached hydrogens (tertiary/aromatic N) is 1. The maximum atomic E-state index is 11.4. The van der Waals surface area contributed by atoms with Crippen molar-refractivity contribution in [2.75, 3.05) is 0 Å². The number of hydrogen-bond acceptors (Lipinski definition) is 1. The van der Waals surface area contributed by atoms with Crippen LogP contribution < -0.4 is 0 Å². The minimum absolute atomic E-state index is 0.385. The molecule has 78 valence electrons. The summed E-state index contributed by atoms with van der Waals surface area (Å²) >= 11 is 5.60. The minimum Gasteiger partial charge on any atom is -0.347 e. The van der Waals surface area contributed by atoms with Crippen LogP contribution in [0.3, 0.4) is 0 Å². The van der Waals surface area contributed by atoms with E-state index in [9.17, 15) is 4.79 Å². The zero-order valence-electron chi connectivity index (χ0n) is 8.97. The largest absolute Gasteiger partial charge is 0.347 e. The van der Waals surface area contributed by atoms with Crippen molar-refractivity contribution in [2.45, 2.75) is 13.8 Å². The molecule has 0 bridgehead atoms. The lowest BCUT2D eigenvalue weighted by Crippen LogP contribution is -1.94. The van der Waals surface area contributed by atoms with Gasteiger partial charge in [0.25, 0.3) is 5.24 Å². The Labute approximate surface area is 93.5 Å². The number of aromatic nitrogens is 1. The molecule has 0 aliphatic rings. The Kier molecular flexibility index (Phi) is 2.31. The van der Waals surface area contributed by atoms with Crippen molar-refractivity contribution in [2.24, 2.45) is 7.05 Å². The van der Waals surface area contributed by atoms with E-state index in [-0.39, 0.29) is 5.24 Å². The highest BCUT2D eigenvalue weighted by atomic mass is 35.5. The third-order valence-corrected chi connectivity index (χ3v) is 3.03. The third-order valence-electron chi connectivity index (χ3n) is 2.84. The predicted molar refractivity (Wildman–Crippen MR) is 62.6 cm³/mol. The van der Waals surface area contributed by atoms with E-state index in [1.807, 2.05) is 43.7 Å². The van der Waals surface area contributed by atoms with E-state index in [0.29, 0.717) is 5.56 Å². The van der Waals surface area contributed by atoms with Gasteiger partial charge in [0.2, 0.25) is 0 Å². The quantitative estimate of drug-likeness (QED) is 0.678. The molecule has 0 unspecified atom stereocenters. The van der Waals surface area contributed by atoms with Crippen LogP contribution in [0.1, 0.15) is 21.6 Å². The predicted octanol–water partition coefficient (Wildman–Crippen LogP) is 3.17. The van der Waals surface area contributed by atoms with E-state index in [1.54, 1.807) is 0 Å². The maximum absolute atomic E-state index is 11.4. The molecule has 0 fully saturated rings. The van der Waals surface area contributed by atoms with Crippen LogP contribution in [0.2, 0.25) is 0 Å². The summed E-state index contributed by atoms with van der Waals surface area (Å²) < 4.78 is 1.99. The average Bonchev–Trinajstić information content (AvgIpc) is 2.39. The second-order valence-corrected chi connectivity index (χ2v) is 4.16. The van der Waals surface area contributed by atoms with Gasteiger partial charge in [0.1, 0.15) is 0 Å². The molecule has 2 aromatic rings. The van der Waals surface area contributed by atoms with Gasteiger partial charge in [-0.15, -0.1) is 0 Å². The first-order valence-electron chi connectivity index (χ1n) is 4.78. The van der Waals surface area contributed by atoms with Crippen molar-refractivity contribution in [3.8, 4) is 0 Å². The fourth-order valence-corrected chi connectivity index (χ4v) is 2.17. The van der Waals surface area contributed by atoms with Gasteiger partial charge in [-0.1, -0.05) is 11.6 Å². The summed E-state index contributed by atoms with van der Waals surface area (Å²) in [5.41, 5.74) is 3.71. The van der Waals surface area contributed by atoms with Crippen molar-refractivity contribution >= 4 is 27.7 Å². The molecule has 0 saturated carbocycles. The topological polar surface area (TPSA) is 22.0 Å². The molecule has 0 aliphatic carbocycles. The standard InChI is InChI=1S/C12H12ClNO/c1-7-4-5-10-9(6-7)11(12(13)15)8(2)14(10)3/h4-6H,1-3H3. The number of fused-ring (bicyclic) bond motifs is 1. The third kappa shape index (κ3) is 1.45. The van der Waals surface area contributed by atoms with Crippen LogP contribution >= 0.6 is 11.6 Å². The fourth-order valence-electron chi connectivity index (χ4n) is 1.93. The van der Waals surface area contributed by atoms with Crippen LogP contribution in [-0.2, 0) is 7.05 Å². The summed E-state index contributed by atoms with van der Waals surface area (Å²) in [7, 11) is 1.94. The lowest BCUT2D eigenvalue weighted by Gasteiger charge is -1.98. The van der Waals surface area contributed by atoms with E-state index in [1.165, 1.54) is 0 Å². The number of carbonyl (C=O) groups excluding carboxylic acids is 1. The summed E-state index contributed by atoms with van der Waals surface area (Å²) in [4.78, 5) is 11.4. The molecule has 0 radical (unpaired) electrons. The van der Waals surface area contributed by atoms with Gasteiger partial charge in [0, 0.05) is 23.6 Å². The molecule has 0 amide bonds. The zero-order valence-corrected chi connectivity index (χ0v) is 9.72. The van der Waals surface area contributed by atoms with E-state index in [0.717, 1.165) is 22.2 Å². The molecule has 3 heteroatoms. The van der Waals surface area contributed by atoms with Crippen molar-refractivity contribution in [3.05, 3.63) is 35.0 Å². The maximum Gasteiger partial charge on any atom is 0.254 e. The highest BCUT2D eigenvalue weighted by Gasteiger charge is 2.16. The van der Waals surface area contributed by atoms with Gasteiger partial charge in [-0.2, -0.15) is 0 Å². The van der Waals surface area contributed by atoms with Gasteiger partial charge in [0.05, 0.1) is 5.56 Å². The molecule has 0 spiro atoms. The average molecular weight is 222 g/mol. The number of rotatable bonds is 1. The minimum atomic E-state index is -0.385. The van der Waals surface area contributed by atoms with Crippen LogP contribution in [0, 0.1) is 13.8 Å². The Balaban J connectivity index is 2.95. The molecule has 1 heterocycles. The zero-order chi connectivity index (χ0) is 11.2. The van der Waals surface area contributed by atoms with Gasteiger partial charge >= 0.3 is 0 Å². The monoisotopic (exact) mass is 221 g/mol. The first-order chi connectivity index (χ1) is 7.02. The summed E-state index contributed by atoms with van der Waals surface area (Å²) in [5.74, 6) is 0. The number of halogens is 1. The molecule has 0 saturated heterocycles. The Bertz CT molecular complexity index is 554. The molecule has 2 rings (SSSR count). The van der Waals surface area contributed by atoms with E-state index < -0.39 is 0 Å². The van der Waals surface area contributed by atoms with E-state index >= 15 is 0 Å². The normalized spacial score (nSPS) is 10.9. The first-order valence-corrected chi connectivity index (χ1v) is 5.15. The molecular formula is C12H12ClNO. The molecular weight excluding hydrogens is 210 g/mol.